The van der Waals surface area contributed by atoms with Gasteiger partial charge in [0.25, 0.3) is 11.5 Å². The Morgan fingerprint density at radius 1 is 1.30 bits per heavy atom. The second-order valence-electron chi connectivity index (χ2n) is 7.52. The molecule has 1 N–H and O–H groups in total. The van der Waals surface area contributed by atoms with Crippen molar-refractivity contribution in [2.24, 2.45) is 0 Å². The van der Waals surface area contributed by atoms with E-state index in [1.54, 1.807) is 25.7 Å². The van der Waals surface area contributed by atoms with Crippen molar-refractivity contribution in [1.29, 1.82) is 5.26 Å². The SMILES string of the molecule is Cc1[nH]c(=O)c(C#N)c(C)c1CCC(=O)OC(C)C(=O)N1CCCc2ccccc21. The van der Waals surface area contributed by atoms with Gasteiger partial charge in [-0.1, -0.05) is 18.2 Å². The molecule has 1 aliphatic heterocycles. The number of nitriles is 1. The average Bonchev–Trinajstić information content (AvgIpc) is 2.72. The van der Waals surface area contributed by atoms with Crippen LogP contribution in [-0.2, 0) is 27.2 Å². The smallest absolute Gasteiger partial charge is 0.306 e. The molecule has 30 heavy (non-hydrogen) atoms. The molecule has 0 saturated heterocycles. The zero-order valence-electron chi connectivity index (χ0n) is 17.4. The summed E-state index contributed by atoms with van der Waals surface area (Å²) in [7, 11) is 0. The van der Waals surface area contributed by atoms with Crippen LogP contribution in [0.25, 0.3) is 0 Å². The van der Waals surface area contributed by atoms with E-state index in [0.717, 1.165) is 29.7 Å². The molecule has 1 amide bonds. The number of amides is 1. The number of anilines is 1. The molecular weight excluding hydrogens is 382 g/mol. The molecular formula is C23H25N3O4. The molecule has 0 aliphatic carbocycles. The van der Waals surface area contributed by atoms with Crippen molar-refractivity contribution in [2.45, 2.75) is 52.6 Å². The second kappa shape index (κ2) is 8.95. The third kappa shape index (κ3) is 4.28. The number of nitrogens with one attached hydrogen (secondary N) is 1. The van der Waals surface area contributed by atoms with Crippen LogP contribution < -0.4 is 10.5 Å². The highest BCUT2D eigenvalue weighted by Crippen LogP contribution is 2.27. The van der Waals surface area contributed by atoms with Crippen LogP contribution >= 0.6 is 0 Å². The van der Waals surface area contributed by atoms with Crippen LogP contribution in [0.4, 0.5) is 5.69 Å². The fraction of sp³-hybridized carbons (Fsp3) is 0.391. The first-order valence-electron chi connectivity index (χ1n) is 10.0. The van der Waals surface area contributed by atoms with Crippen LogP contribution in [0.2, 0.25) is 0 Å². The maximum Gasteiger partial charge on any atom is 0.306 e. The molecule has 0 bridgehead atoms. The summed E-state index contributed by atoms with van der Waals surface area (Å²) < 4.78 is 5.40. The predicted molar refractivity (Wildman–Crippen MR) is 112 cm³/mol. The summed E-state index contributed by atoms with van der Waals surface area (Å²) in [4.78, 5) is 41.4. The van der Waals surface area contributed by atoms with Crippen LogP contribution in [0.15, 0.2) is 29.1 Å². The van der Waals surface area contributed by atoms with Crippen molar-refractivity contribution >= 4 is 17.6 Å². The molecule has 1 aromatic carbocycles. The highest BCUT2D eigenvalue weighted by Gasteiger charge is 2.28. The Morgan fingerprint density at radius 3 is 2.77 bits per heavy atom. The molecule has 3 rings (SSSR count). The Morgan fingerprint density at radius 2 is 2.03 bits per heavy atom. The van der Waals surface area contributed by atoms with Gasteiger partial charge in [0.05, 0.1) is 0 Å². The van der Waals surface area contributed by atoms with Crippen molar-refractivity contribution in [3.05, 3.63) is 62.6 Å². The van der Waals surface area contributed by atoms with Crippen molar-refractivity contribution in [1.82, 2.24) is 4.98 Å². The second-order valence-corrected chi connectivity index (χ2v) is 7.52. The summed E-state index contributed by atoms with van der Waals surface area (Å²) in [6.45, 7) is 5.61. The number of carbonyl (C=O) groups excluding carboxylic acids is 2. The molecule has 156 valence electrons. The van der Waals surface area contributed by atoms with Crippen molar-refractivity contribution in [3.63, 3.8) is 0 Å². The van der Waals surface area contributed by atoms with Gasteiger partial charge < -0.3 is 14.6 Å². The van der Waals surface area contributed by atoms with Gasteiger partial charge in [-0.25, -0.2) is 0 Å². The van der Waals surface area contributed by atoms with Gasteiger partial charge in [0, 0.05) is 24.3 Å². The monoisotopic (exact) mass is 407 g/mol. The van der Waals surface area contributed by atoms with Gasteiger partial charge >= 0.3 is 5.97 Å². The fourth-order valence-corrected chi connectivity index (χ4v) is 3.94. The molecule has 0 spiro atoms. The number of ether oxygens (including phenoxy) is 1. The average molecular weight is 407 g/mol. The number of hydrogen-bond donors (Lipinski definition) is 1. The maximum absolute atomic E-state index is 12.9. The minimum atomic E-state index is -0.893. The number of esters is 1. The van der Waals surface area contributed by atoms with Gasteiger partial charge in [0.2, 0.25) is 0 Å². The molecule has 7 nitrogen and oxygen atoms in total. The van der Waals surface area contributed by atoms with Crippen LogP contribution in [0.3, 0.4) is 0 Å². The predicted octanol–water partition coefficient (Wildman–Crippen LogP) is 2.71. The molecule has 0 saturated carbocycles. The standard InChI is InChI=1S/C23H25N3O4/c1-14-18(15(2)25-22(28)19(14)13-24)10-11-21(27)30-16(3)23(29)26-12-6-8-17-7-4-5-9-20(17)26/h4-5,7,9,16H,6,8,10-12H2,1-3H3,(H,25,28). The van der Waals surface area contributed by atoms with E-state index in [1.807, 2.05) is 30.3 Å². The summed E-state index contributed by atoms with van der Waals surface area (Å²) in [6.07, 6.45) is 1.27. The van der Waals surface area contributed by atoms with Crippen LogP contribution in [0, 0.1) is 25.2 Å². The Labute approximate surface area is 175 Å². The van der Waals surface area contributed by atoms with E-state index < -0.39 is 17.6 Å². The van der Waals surface area contributed by atoms with E-state index in [2.05, 4.69) is 4.98 Å². The van der Waals surface area contributed by atoms with Crippen molar-refractivity contribution in [3.8, 4) is 6.07 Å². The number of aromatic amines is 1. The van der Waals surface area contributed by atoms with E-state index in [4.69, 9.17) is 10.00 Å². The number of benzene rings is 1. The number of nitrogens with zero attached hydrogens (tertiary/aromatic N) is 2. The van der Waals surface area contributed by atoms with Gasteiger partial charge in [0.15, 0.2) is 6.10 Å². The lowest BCUT2D eigenvalue weighted by atomic mass is 9.99. The zero-order valence-corrected chi connectivity index (χ0v) is 17.4. The molecule has 1 atom stereocenters. The Kier molecular flexibility index (Phi) is 6.36. The third-order valence-corrected chi connectivity index (χ3v) is 5.53. The summed E-state index contributed by atoms with van der Waals surface area (Å²) in [5.41, 5.74) is 3.55. The Balaban J connectivity index is 1.64. The Hall–Kier alpha value is -3.40. The first-order valence-corrected chi connectivity index (χ1v) is 10.0. The molecule has 2 aromatic rings. The number of aromatic nitrogens is 1. The minimum Gasteiger partial charge on any atom is -0.453 e. The van der Waals surface area contributed by atoms with Crippen molar-refractivity contribution < 1.29 is 14.3 Å². The highest BCUT2D eigenvalue weighted by molar-refractivity contribution is 5.98. The largest absolute Gasteiger partial charge is 0.453 e. The molecule has 1 aromatic heterocycles. The lowest BCUT2D eigenvalue weighted by molar-refractivity contribution is -0.153. The van der Waals surface area contributed by atoms with Crippen molar-refractivity contribution in [2.75, 3.05) is 11.4 Å². The van der Waals surface area contributed by atoms with Gasteiger partial charge in [-0.3, -0.25) is 14.4 Å². The van der Waals surface area contributed by atoms with Gasteiger partial charge in [-0.2, -0.15) is 5.26 Å². The molecule has 2 heterocycles. The third-order valence-electron chi connectivity index (χ3n) is 5.53. The normalized spacial score (nSPS) is 13.9. The van der Waals surface area contributed by atoms with E-state index in [-0.39, 0.29) is 17.9 Å². The first kappa shape index (κ1) is 21.3. The number of hydrogen-bond acceptors (Lipinski definition) is 5. The number of fused-ring (bicyclic) bond motifs is 1. The zero-order chi connectivity index (χ0) is 21.8. The summed E-state index contributed by atoms with van der Waals surface area (Å²) in [6, 6.07) is 9.67. The number of pyridine rings is 1. The molecule has 1 unspecified atom stereocenters. The quantitative estimate of drug-likeness (QED) is 0.768. The highest BCUT2D eigenvalue weighted by atomic mass is 16.5. The summed E-state index contributed by atoms with van der Waals surface area (Å²) >= 11 is 0. The number of aryl methyl sites for hydroxylation is 2. The van der Waals surface area contributed by atoms with Gasteiger partial charge in [-0.05, 0) is 62.8 Å². The van der Waals surface area contributed by atoms with E-state index in [9.17, 15) is 14.4 Å². The molecule has 7 heteroatoms. The van der Waals surface area contributed by atoms with E-state index >= 15 is 0 Å². The van der Waals surface area contributed by atoms with Crippen LogP contribution in [-0.4, -0.2) is 29.5 Å². The van der Waals surface area contributed by atoms with Crippen LogP contribution in [0.5, 0.6) is 0 Å². The number of carbonyl (C=O) groups is 2. The van der Waals surface area contributed by atoms with Crippen LogP contribution in [0.1, 0.15) is 47.7 Å². The number of para-hydroxylation sites is 1. The lowest BCUT2D eigenvalue weighted by Gasteiger charge is -2.31. The number of rotatable bonds is 5. The maximum atomic E-state index is 12.9. The summed E-state index contributed by atoms with van der Waals surface area (Å²) in [5, 5.41) is 9.16. The van der Waals surface area contributed by atoms with Gasteiger partial charge in [0.1, 0.15) is 11.6 Å². The summed E-state index contributed by atoms with van der Waals surface area (Å²) in [5.74, 6) is -0.733. The minimum absolute atomic E-state index is 0.0484. The van der Waals surface area contributed by atoms with E-state index in [1.165, 1.54) is 0 Å². The molecule has 0 fully saturated rings. The Bertz CT molecular complexity index is 1080. The lowest BCUT2D eigenvalue weighted by Crippen LogP contribution is -2.42. The molecule has 1 aliphatic rings. The first-order chi connectivity index (χ1) is 14.3. The van der Waals surface area contributed by atoms with Gasteiger partial charge in [-0.15, -0.1) is 0 Å². The van der Waals surface area contributed by atoms with E-state index in [0.29, 0.717) is 24.2 Å². The fourth-order valence-electron chi connectivity index (χ4n) is 3.94. The molecule has 0 radical (unpaired) electrons. The number of H-pyrrole nitrogens is 1. The topological polar surface area (TPSA) is 103 Å².